The molecule has 0 aliphatic heterocycles. The molecule has 0 saturated heterocycles. The van der Waals surface area contributed by atoms with Crippen molar-refractivity contribution in [2.24, 2.45) is 0 Å². The van der Waals surface area contributed by atoms with Gasteiger partial charge >= 0.3 is 0 Å². The van der Waals surface area contributed by atoms with Crippen LogP contribution < -0.4 is 9.47 Å². The van der Waals surface area contributed by atoms with Crippen LogP contribution in [0.15, 0.2) is 65.8 Å². The van der Waals surface area contributed by atoms with Crippen LogP contribution in [0.2, 0.25) is 5.02 Å². The van der Waals surface area contributed by atoms with Gasteiger partial charge in [-0.05, 0) is 59.7 Å². The molecule has 0 saturated carbocycles. The standard InChI is InChI=1S/C26H20ClF2N3O2S2/c1-33-21-11-6-15(12-22(21)34-2)13-23-24(16-7-9-17(28)10-8-16)32-25(30-31-26(32)36-23)35-14-18-19(27)4-3-5-20(18)29/h3-12H,13-14H2,1-2H3. The first-order valence-corrected chi connectivity index (χ1v) is 13.1. The van der Waals surface area contributed by atoms with E-state index in [1.54, 1.807) is 38.5 Å². The minimum Gasteiger partial charge on any atom is -0.493 e. The van der Waals surface area contributed by atoms with E-state index in [1.807, 2.05) is 22.6 Å². The first-order valence-electron chi connectivity index (χ1n) is 10.9. The molecule has 5 rings (SSSR count). The molecular weight excluding hydrogens is 524 g/mol. The lowest BCUT2D eigenvalue weighted by Crippen LogP contribution is -1.97. The van der Waals surface area contributed by atoms with Crippen LogP contribution in [0.5, 0.6) is 11.5 Å². The van der Waals surface area contributed by atoms with Crippen LogP contribution in [0.1, 0.15) is 16.0 Å². The zero-order valence-electron chi connectivity index (χ0n) is 19.3. The van der Waals surface area contributed by atoms with Gasteiger partial charge in [-0.2, -0.15) is 0 Å². The summed E-state index contributed by atoms with van der Waals surface area (Å²) in [7, 11) is 3.20. The van der Waals surface area contributed by atoms with E-state index in [0.717, 1.165) is 21.7 Å². The van der Waals surface area contributed by atoms with Crippen LogP contribution in [-0.2, 0) is 12.2 Å². The molecular formula is C26H20ClF2N3O2S2. The van der Waals surface area contributed by atoms with E-state index in [4.69, 9.17) is 21.1 Å². The molecule has 184 valence electrons. The lowest BCUT2D eigenvalue weighted by Gasteiger charge is -2.11. The van der Waals surface area contributed by atoms with E-state index in [1.165, 1.54) is 41.3 Å². The highest BCUT2D eigenvalue weighted by molar-refractivity contribution is 7.98. The minimum absolute atomic E-state index is 0.288. The van der Waals surface area contributed by atoms with Crippen molar-refractivity contribution >= 4 is 39.7 Å². The average molecular weight is 544 g/mol. The zero-order chi connectivity index (χ0) is 25.2. The van der Waals surface area contributed by atoms with Gasteiger partial charge in [0.05, 0.1) is 19.9 Å². The molecule has 2 heterocycles. The van der Waals surface area contributed by atoms with Gasteiger partial charge in [0.2, 0.25) is 4.96 Å². The number of halogens is 3. The molecule has 0 aliphatic rings. The van der Waals surface area contributed by atoms with Crippen molar-refractivity contribution in [1.29, 1.82) is 0 Å². The van der Waals surface area contributed by atoms with Crippen molar-refractivity contribution in [2.75, 3.05) is 14.2 Å². The minimum atomic E-state index is -0.367. The number of thioether (sulfide) groups is 1. The fraction of sp³-hybridized carbons (Fsp3) is 0.154. The summed E-state index contributed by atoms with van der Waals surface area (Å²) in [5.74, 6) is 0.888. The van der Waals surface area contributed by atoms with Crippen molar-refractivity contribution < 1.29 is 18.3 Å². The molecule has 0 amide bonds. The van der Waals surface area contributed by atoms with Crippen molar-refractivity contribution in [3.8, 4) is 22.8 Å². The number of benzene rings is 3. The maximum atomic E-state index is 14.3. The maximum absolute atomic E-state index is 14.3. The summed E-state index contributed by atoms with van der Waals surface area (Å²) in [6.45, 7) is 0. The Morgan fingerprint density at radius 1 is 0.972 bits per heavy atom. The second-order valence-corrected chi connectivity index (χ2v) is 10.2. The van der Waals surface area contributed by atoms with Gasteiger partial charge in [-0.1, -0.05) is 46.8 Å². The summed E-state index contributed by atoms with van der Waals surface area (Å²) in [5.41, 5.74) is 3.10. The van der Waals surface area contributed by atoms with Crippen LogP contribution in [0, 0.1) is 11.6 Å². The van der Waals surface area contributed by atoms with Gasteiger partial charge in [0.25, 0.3) is 0 Å². The highest BCUT2D eigenvalue weighted by Crippen LogP contribution is 2.38. The molecule has 5 nitrogen and oxygen atoms in total. The van der Waals surface area contributed by atoms with E-state index < -0.39 is 0 Å². The van der Waals surface area contributed by atoms with Gasteiger partial charge in [0, 0.05) is 27.6 Å². The Morgan fingerprint density at radius 3 is 2.47 bits per heavy atom. The first kappa shape index (κ1) is 24.5. The van der Waals surface area contributed by atoms with Crippen LogP contribution in [0.3, 0.4) is 0 Å². The summed E-state index contributed by atoms with van der Waals surface area (Å²) < 4.78 is 40.8. The number of fused-ring (bicyclic) bond motifs is 1. The Bertz CT molecular complexity index is 1520. The monoisotopic (exact) mass is 543 g/mol. The fourth-order valence-electron chi connectivity index (χ4n) is 3.89. The van der Waals surface area contributed by atoms with E-state index >= 15 is 0 Å². The van der Waals surface area contributed by atoms with Gasteiger partial charge in [-0.25, -0.2) is 8.78 Å². The summed E-state index contributed by atoms with van der Waals surface area (Å²) in [5, 5.41) is 9.67. The number of rotatable bonds is 8. The first-order chi connectivity index (χ1) is 17.5. The fourth-order valence-corrected chi connectivity index (χ4v) is 6.35. The third kappa shape index (κ3) is 4.78. The molecule has 2 aromatic heterocycles. The number of ether oxygens (including phenoxy) is 2. The molecule has 10 heteroatoms. The Morgan fingerprint density at radius 2 is 1.75 bits per heavy atom. The second-order valence-electron chi connectivity index (χ2n) is 7.84. The van der Waals surface area contributed by atoms with Crippen molar-refractivity contribution in [3.63, 3.8) is 0 Å². The quantitative estimate of drug-likeness (QED) is 0.192. The molecule has 5 aromatic rings. The molecule has 0 aliphatic carbocycles. The predicted molar refractivity (Wildman–Crippen MR) is 140 cm³/mol. The molecule has 3 aromatic carbocycles. The second kappa shape index (κ2) is 10.5. The van der Waals surface area contributed by atoms with Gasteiger partial charge in [-0.3, -0.25) is 4.40 Å². The highest BCUT2D eigenvalue weighted by atomic mass is 35.5. The third-order valence-corrected chi connectivity index (χ3v) is 7.98. The molecule has 0 spiro atoms. The maximum Gasteiger partial charge on any atom is 0.217 e. The van der Waals surface area contributed by atoms with Gasteiger partial charge < -0.3 is 9.47 Å². The van der Waals surface area contributed by atoms with Crippen LogP contribution in [0.25, 0.3) is 16.2 Å². The Balaban J connectivity index is 1.57. The van der Waals surface area contributed by atoms with Crippen molar-refractivity contribution in [2.45, 2.75) is 17.3 Å². The number of aromatic nitrogens is 3. The van der Waals surface area contributed by atoms with E-state index in [2.05, 4.69) is 10.2 Å². The summed E-state index contributed by atoms with van der Waals surface area (Å²) >= 11 is 9.06. The lowest BCUT2D eigenvalue weighted by molar-refractivity contribution is 0.354. The van der Waals surface area contributed by atoms with Crippen molar-refractivity contribution in [3.05, 3.63) is 93.3 Å². The molecule has 0 atom stereocenters. The smallest absolute Gasteiger partial charge is 0.217 e. The number of methoxy groups -OCH3 is 2. The molecule has 0 bridgehead atoms. The van der Waals surface area contributed by atoms with E-state index in [-0.39, 0.29) is 17.4 Å². The SMILES string of the molecule is COc1ccc(Cc2sc3nnc(SCc4c(F)cccc4Cl)n3c2-c2ccc(F)cc2)cc1OC. The van der Waals surface area contributed by atoms with Gasteiger partial charge in [-0.15, -0.1) is 10.2 Å². The number of nitrogens with zero attached hydrogens (tertiary/aromatic N) is 3. The molecule has 0 unspecified atom stereocenters. The normalized spacial score (nSPS) is 11.2. The summed E-state index contributed by atoms with van der Waals surface area (Å²) in [6.07, 6.45) is 0.588. The Labute approximate surface area is 219 Å². The average Bonchev–Trinajstić information content (AvgIpc) is 3.43. The van der Waals surface area contributed by atoms with Crippen molar-refractivity contribution in [1.82, 2.24) is 14.6 Å². The third-order valence-electron chi connectivity index (χ3n) is 5.64. The van der Waals surface area contributed by atoms with E-state index in [9.17, 15) is 8.78 Å². The lowest BCUT2D eigenvalue weighted by atomic mass is 10.1. The Hall–Kier alpha value is -3.14. The topological polar surface area (TPSA) is 48.7 Å². The summed E-state index contributed by atoms with van der Waals surface area (Å²) in [4.78, 5) is 1.71. The number of thiazole rings is 1. The van der Waals surface area contributed by atoms with Crippen LogP contribution >= 0.6 is 34.7 Å². The number of hydrogen-bond donors (Lipinski definition) is 0. The van der Waals surface area contributed by atoms with Gasteiger partial charge in [0.15, 0.2) is 16.7 Å². The number of hydrogen-bond acceptors (Lipinski definition) is 6. The largest absolute Gasteiger partial charge is 0.493 e. The Kier molecular flexibility index (Phi) is 7.13. The summed E-state index contributed by atoms with van der Waals surface area (Å²) in [6, 6.07) is 16.7. The van der Waals surface area contributed by atoms with Crippen LogP contribution in [0.4, 0.5) is 8.78 Å². The molecule has 0 fully saturated rings. The predicted octanol–water partition coefficient (Wildman–Crippen LogP) is 7.29. The molecule has 0 radical (unpaired) electrons. The van der Waals surface area contributed by atoms with E-state index in [0.29, 0.717) is 38.6 Å². The molecule has 0 N–H and O–H groups in total. The van der Waals surface area contributed by atoms with Gasteiger partial charge in [0.1, 0.15) is 11.6 Å². The molecule has 36 heavy (non-hydrogen) atoms. The zero-order valence-corrected chi connectivity index (χ0v) is 21.7. The highest BCUT2D eigenvalue weighted by Gasteiger charge is 2.21. The van der Waals surface area contributed by atoms with Crippen LogP contribution in [-0.4, -0.2) is 28.8 Å².